The van der Waals surface area contributed by atoms with Gasteiger partial charge in [-0.15, -0.1) is 28.6 Å². The summed E-state index contributed by atoms with van der Waals surface area (Å²) in [5.41, 5.74) is 2.58. The van der Waals surface area contributed by atoms with E-state index < -0.39 is 0 Å². The standard InChI is InChI=1S/C25H19F3N2S3/c26-20-7-1-4-17(10-20)14-31-23-13-29-30-25(33-16-19-6-3-9-22(28)12-19)24(23)32-15-18-5-2-8-21(27)11-18/h1-13H,14-16H2. The minimum atomic E-state index is -0.278. The van der Waals surface area contributed by atoms with E-state index in [4.69, 9.17) is 0 Å². The van der Waals surface area contributed by atoms with Gasteiger partial charge in [-0.3, -0.25) is 0 Å². The van der Waals surface area contributed by atoms with Crippen molar-refractivity contribution < 1.29 is 13.2 Å². The third-order valence-electron chi connectivity index (χ3n) is 4.56. The van der Waals surface area contributed by atoms with E-state index in [1.54, 1.807) is 47.9 Å². The number of aromatic nitrogens is 2. The molecule has 0 radical (unpaired) electrons. The molecule has 1 aromatic heterocycles. The molecule has 0 saturated carbocycles. The van der Waals surface area contributed by atoms with Crippen LogP contribution in [0.25, 0.3) is 0 Å². The number of nitrogens with zero attached hydrogens (tertiary/aromatic N) is 2. The van der Waals surface area contributed by atoms with Gasteiger partial charge in [0.25, 0.3) is 0 Å². The fraction of sp³-hybridized carbons (Fsp3) is 0.120. The van der Waals surface area contributed by atoms with Crippen LogP contribution in [0.4, 0.5) is 13.2 Å². The molecule has 2 nitrogen and oxygen atoms in total. The second kappa shape index (κ2) is 11.6. The van der Waals surface area contributed by atoms with Gasteiger partial charge in [0, 0.05) is 22.2 Å². The van der Waals surface area contributed by atoms with Crippen molar-refractivity contribution >= 4 is 35.3 Å². The van der Waals surface area contributed by atoms with Crippen molar-refractivity contribution in [1.29, 1.82) is 0 Å². The van der Waals surface area contributed by atoms with Crippen LogP contribution in [0.3, 0.4) is 0 Å². The lowest BCUT2D eigenvalue weighted by Gasteiger charge is -2.13. The predicted octanol–water partition coefficient (Wildman–Crippen LogP) is 7.77. The van der Waals surface area contributed by atoms with Crippen LogP contribution in [-0.2, 0) is 17.3 Å². The maximum atomic E-state index is 13.6. The lowest BCUT2D eigenvalue weighted by atomic mass is 10.2. The quantitative estimate of drug-likeness (QED) is 0.219. The third-order valence-corrected chi connectivity index (χ3v) is 8.13. The van der Waals surface area contributed by atoms with E-state index in [0.717, 1.165) is 31.5 Å². The van der Waals surface area contributed by atoms with Gasteiger partial charge in [-0.2, -0.15) is 5.10 Å². The molecule has 3 aromatic carbocycles. The van der Waals surface area contributed by atoms with Crippen LogP contribution in [0.1, 0.15) is 16.7 Å². The topological polar surface area (TPSA) is 25.8 Å². The summed E-state index contributed by atoms with van der Waals surface area (Å²) in [5, 5.41) is 9.21. The van der Waals surface area contributed by atoms with Crippen molar-refractivity contribution in [3.05, 3.63) is 113 Å². The van der Waals surface area contributed by atoms with E-state index >= 15 is 0 Å². The molecule has 0 aliphatic rings. The molecular formula is C25H19F3N2S3. The summed E-state index contributed by atoms with van der Waals surface area (Å²) >= 11 is 4.58. The van der Waals surface area contributed by atoms with Gasteiger partial charge in [-0.1, -0.05) is 48.2 Å². The van der Waals surface area contributed by atoms with Gasteiger partial charge >= 0.3 is 0 Å². The van der Waals surface area contributed by atoms with Crippen LogP contribution < -0.4 is 0 Å². The van der Waals surface area contributed by atoms with Crippen LogP contribution in [0.2, 0.25) is 0 Å². The predicted molar refractivity (Wildman–Crippen MR) is 130 cm³/mol. The number of hydrogen-bond acceptors (Lipinski definition) is 5. The van der Waals surface area contributed by atoms with E-state index in [2.05, 4.69) is 10.2 Å². The first-order valence-corrected chi connectivity index (χ1v) is 13.0. The van der Waals surface area contributed by atoms with Crippen molar-refractivity contribution in [2.45, 2.75) is 32.1 Å². The van der Waals surface area contributed by atoms with Crippen molar-refractivity contribution in [3.63, 3.8) is 0 Å². The summed E-state index contributed by atoms with van der Waals surface area (Å²) in [5.74, 6) is 0.850. The molecule has 0 aliphatic carbocycles. The zero-order chi connectivity index (χ0) is 23.0. The van der Waals surface area contributed by atoms with Crippen molar-refractivity contribution in [2.75, 3.05) is 0 Å². The minimum Gasteiger partial charge on any atom is -0.207 e. The zero-order valence-corrected chi connectivity index (χ0v) is 19.8. The normalized spacial score (nSPS) is 11.0. The van der Waals surface area contributed by atoms with Gasteiger partial charge in [-0.05, 0) is 53.1 Å². The molecule has 0 saturated heterocycles. The summed E-state index contributed by atoms with van der Waals surface area (Å²) in [6, 6.07) is 19.5. The number of rotatable bonds is 9. The largest absolute Gasteiger partial charge is 0.207 e. The maximum Gasteiger partial charge on any atom is 0.134 e. The fourth-order valence-corrected chi connectivity index (χ4v) is 6.32. The molecule has 4 rings (SSSR count). The van der Waals surface area contributed by atoms with Gasteiger partial charge in [0.1, 0.15) is 22.5 Å². The summed E-state index contributed by atoms with van der Waals surface area (Å²) < 4.78 is 40.8. The minimum absolute atomic E-state index is 0.270. The average Bonchev–Trinajstić information content (AvgIpc) is 2.81. The first-order chi connectivity index (χ1) is 16.1. The molecular weight excluding hydrogens is 481 g/mol. The van der Waals surface area contributed by atoms with Gasteiger partial charge in [0.15, 0.2) is 0 Å². The van der Waals surface area contributed by atoms with Crippen LogP contribution in [0, 0.1) is 17.5 Å². The molecule has 8 heteroatoms. The van der Waals surface area contributed by atoms with E-state index in [0.29, 0.717) is 17.3 Å². The summed E-state index contributed by atoms with van der Waals surface area (Å²) in [6.45, 7) is 0. The molecule has 33 heavy (non-hydrogen) atoms. The Hall–Kier alpha value is -2.42. The SMILES string of the molecule is Fc1cccc(CSc2cnnc(SCc3cccc(F)c3)c2SCc2cccc(F)c2)c1. The molecule has 168 valence electrons. The zero-order valence-electron chi connectivity index (χ0n) is 17.4. The Morgan fingerprint density at radius 2 is 1.09 bits per heavy atom. The highest BCUT2D eigenvalue weighted by Crippen LogP contribution is 2.40. The van der Waals surface area contributed by atoms with Gasteiger partial charge in [0.05, 0.1) is 11.1 Å². The van der Waals surface area contributed by atoms with E-state index in [1.807, 2.05) is 18.2 Å². The van der Waals surface area contributed by atoms with Gasteiger partial charge in [-0.25, -0.2) is 13.2 Å². The Morgan fingerprint density at radius 3 is 1.61 bits per heavy atom. The molecule has 0 bridgehead atoms. The first-order valence-electron chi connectivity index (χ1n) is 10.0. The van der Waals surface area contributed by atoms with E-state index in [9.17, 15) is 13.2 Å². The second-order valence-corrected chi connectivity index (χ2v) is 10.1. The Morgan fingerprint density at radius 1 is 0.606 bits per heavy atom. The molecule has 0 atom stereocenters. The third kappa shape index (κ3) is 7.03. The molecule has 0 unspecified atom stereocenters. The molecule has 1 heterocycles. The molecule has 0 fully saturated rings. The van der Waals surface area contributed by atoms with Crippen LogP contribution in [0.15, 0.2) is 93.8 Å². The molecule has 0 aliphatic heterocycles. The summed E-state index contributed by atoms with van der Waals surface area (Å²) in [4.78, 5) is 1.84. The van der Waals surface area contributed by atoms with Crippen molar-refractivity contribution in [2.24, 2.45) is 0 Å². The Balaban J connectivity index is 1.56. The Labute approximate surface area is 203 Å². The number of thioether (sulfide) groups is 3. The Kier molecular flexibility index (Phi) is 8.36. The second-order valence-electron chi connectivity index (χ2n) is 7.10. The van der Waals surface area contributed by atoms with Crippen molar-refractivity contribution in [3.8, 4) is 0 Å². The van der Waals surface area contributed by atoms with Crippen molar-refractivity contribution in [1.82, 2.24) is 10.2 Å². The number of benzene rings is 3. The smallest absolute Gasteiger partial charge is 0.134 e. The lowest BCUT2D eigenvalue weighted by molar-refractivity contribution is 0.626. The van der Waals surface area contributed by atoms with E-state index in [1.165, 1.54) is 48.2 Å². The van der Waals surface area contributed by atoms with Gasteiger partial charge < -0.3 is 0 Å². The first kappa shape index (κ1) is 23.7. The molecule has 0 N–H and O–H groups in total. The molecule has 0 spiro atoms. The monoisotopic (exact) mass is 500 g/mol. The summed E-state index contributed by atoms with van der Waals surface area (Å²) in [6.07, 6.45) is 1.70. The average molecular weight is 501 g/mol. The van der Waals surface area contributed by atoms with Crippen LogP contribution >= 0.6 is 35.3 Å². The van der Waals surface area contributed by atoms with Crippen LogP contribution in [-0.4, -0.2) is 10.2 Å². The maximum absolute atomic E-state index is 13.6. The number of hydrogen-bond donors (Lipinski definition) is 0. The lowest BCUT2D eigenvalue weighted by Crippen LogP contribution is -1.95. The van der Waals surface area contributed by atoms with Crippen LogP contribution in [0.5, 0.6) is 0 Å². The van der Waals surface area contributed by atoms with Gasteiger partial charge in [0.2, 0.25) is 0 Å². The molecule has 0 amide bonds. The van der Waals surface area contributed by atoms with E-state index in [-0.39, 0.29) is 17.5 Å². The summed E-state index contributed by atoms with van der Waals surface area (Å²) in [7, 11) is 0. The Bertz CT molecular complexity index is 1170. The fourth-order valence-electron chi connectivity index (χ4n) is 3.02. The highest BCUT2D eigenvalue weighted by atomic mass is 32.2. The number of halogens is 3. The molecule has 4 aromatic rings. The highest BCUT2D eigenvalue weighted by molar-refractivity contribution is 8.03. The highest BCUT2D eigenvalue weighted by Gasteiger charge is 2.14.